The van der Waals surface area contributed by atoms with E-state index in [0.29, 0.717) is 33.9 Å². The number of H-pyrrole nitrogens is 1. The summed E-state index contributed by atoms with van der Waals surface area (Å²) in [5.41, 5.74) is 7.75. The van der Waals surface area contributed by atoms with Crippen LogP contribution in [0.25, 0.3) is 22.0 Å². The summed E-state index contributed by atoms with van der Waals surface area (Å²) < 4.78 is 6.25. The Bertz CT molecular complexity index is 2110. The Morgan fingerprint density at radius 1 is 0.962 bits per heavy atom. The maximum absolute atomic E-state index is 11.8. The number of phenolic OH excluding ortho intramolecular Hbond substituents is 1. The number of nitrogens with one attached hydrogen (secondary N) is 4. The lowest BCUT2D eigenvalue weighted by molar-refractivity contribution is 0.0537. The van der Waals surface area contributed by atoms with Gasteiger partial charge in [-0.05, 0) is 84.8 Å². The molecule has 0 saturated carbocycles. The van der Waals surface area contributed by atoms with Crippen LogP contribution in [0.4, 0.5) is 11.4 Å². The summed E-state index contributed by atoms with van der Waals surface area (Å²) in [6.45, 7) is 14.1. The molecular weight excluding hydrogens is 686 g/mol. The molecule has 6 N–H and O–H groups in total. The van der Waals surface area contributed by atoms with Crippen LogP contribution in [-0.2, 0) is 17.7 Å². The van der Waals surface area contributed by atoms with E-state index in [-0.39, 0.29) is 24.0 Å². The number of aryl methyl sites for hydroxylation is 1. The smallest absolute Gasteiger partial charge is 0.248 e. The van der Waals surface area contributed by atoms with E-state index in [4.69, 9.17) is 16.3 Å². The first-order chi connectivity index (χ1) is 25.7. The third kappa shape index (κ3) is 9.68. The number of para-hydroxylation sites is 1. The number of piperidine rings is 1. The molecule has 0 amide bonds. The van der Waals surface area contributed by atoms with Crippen molar-refractivity contribution in [2.75, 3.05) is 36.8 Å². The molecule has 0 radical (unpaired) electrons. The average Bonchev–Trinajstić information content (AvgIpc) is 3.16. The molecule has 1 atom stereocenters. The fraction of sp³-hybridized carbons (Fsp3) is 0.279. The third-order valence-electron chi connectivity index (χ3n) is 9.76. The number of benzene rings is 4. The summed E-state index contributed by atoms with van der Waals surface area (Å²) >= 11 is 6.76. The predicted molar refractivity (Wildman–Crippen MR) is 216 cm³/mol. The molecule has 10 heteroatoms. The molecule has 1 aliphatic rings. The fourth-order valence-electron chi connectivity index (χ4n) is 6.89. The molecule has 4 aromatic carbocycles. The van der Waals surface area contributed by atoms with Crippen LogP contribution in [0.2, 0.25) is 5.02 Å². The SMILES string of the molecule is C=C(CCN1CCC(OC(=C)Nc2ccccc2-c2ccccc2)CC1)Nc1cc(CC)c(CNC[C@H](O)c2ccc(O)c3[nH]c(=O)ccc23)cc1Cl. The van der Waals surface area contributed by atoms with Crippen molar-refractivity contribution >= 4 is 33.9 Å². The zero-order valence-electron chi connectivity index (χ0n) is 30.1. The number of fused-ring (bicyclic) bond motifs is 1. The van der Waals surface area contributed by atoms with Crippen molar-refractivity contribution < 1.29 is 14.9 Å². The number of aromatic hydroxyl groups is 1. The van der Waals surface area contributed by atoms with E-state index in [0.717, 1.165) is 84.6 Å². The molecule has 1 fully saturated rings. The normalized spacial score (nSPS) is 14.2. The van der Waals surface area contributed by atoms with Crippen molar-refractivity contribution in [3.05, 3.63) is 148 Å². The number of pyridine rings is 1. The number of rotatable bonds is 16. The van der Waals surface area contributed by atoms with Crippen LogP contribution >= 0.6 is 11.6 Å². The van der Waals surface area contributed by atoms with Gasteiger partial charge in [0, 0.05) is 61.1 Å². The second kappa shape index (κ2) is 17.6. The number of halogens is 1. The van der Waals surface area contributed by atoms with Crippen LogP contribution in [0, 0.1) is 0 Å². The highest BCUT2D eigenvalue weighted by Crippen LogP contribution is 2.32. The van der Waals surface area contributed by atoms with Crippen molar-refractivity contribution in [2.45, 2.75) is 51.4 Å². The minimum Gasteiger partial charge on any atom is -0.506 e. The summed E-state index contributed by atoms with van der Waals surface area (Å²) in [6.07, 6.45) is 2.70. The maximum atomic E-state index is 11.8. The Labute approximate surface area is 316 Å². The quantitative estimate of drug-likeness (QED) is 0.0561. The first-order valence-electron chi connectivity index (χ1n) is 18.2. The number of ether oxygens (including phenoxy) is 1. The summed E-state index contributed by atoms with van der Waals surface area (Å²) in [5.74, 6) is 0.526. The van der Waals surface area contributed by atoms with Crippen molar-refractivity contribution in [1.82, 2.24) is 15.2 Å². The highest BCUT2D eigenvalue weighted by molar-refractivity contribution is 6.33. The number of hydrogen-bond acceptors (Lipinski definition) is 8. The minimum atomic E-state index is -0.850. The van der Waals surface area contributed by atoms with Crippen LogP contribution in [0.5, 0.6) is 5.75 Å². The Morgan fingerprint density at radius 2 is 1.72 bits per heavy atom. The van der Waals surface area contributed by atoms with E-state index in [1.54, 1.807) is 12.1 Å². The van der Waals surface area contributed by atoms with Crippen molar-refractivity contribution in [1.29, 1.82) is 0 Å². The number of anilines is 2. The maximum Gasteiger partial charge on any atom is 0.248 e. The van der Waals surface area contributed by atoms with Gasteiger partial charge in [0.15, 0.2) is 5.88 Å². The number of aromatic nitrogens is 1. The van der Waals surface area contributed by atoms with E-state index in [9.17, 15) is 15.0 Å². The first-order valence-corrected chi connectivity index (χ1v) is 18.6. The van der Waals surface area contributed by atoms with E-state index < -0.39 is 6.10 Å². The molecule has 0 unspecified atom stereocenters. The summed E-state index contributed by atoms with van der Waals surface area (Å²) in [5, 5.41) is 32.5. The highest BCUT2D eigenvalue weighted by Gasteiger charge is 2.21. The number of aliphatic hydroxyl groups excluding tert-OH is 1. The van der Waals surface area contributed by atoms with Crippen LogP contribution in [0.3, 0.4) is 0 Å². The van der Waals surface area contributed by atoms with Gasteiger partial charge in [-0.1, -0.05) is 79.7 Å². The third-order valence-corrected chi connectivity index (χ3v) is 10.1. The monoisotopic (exact) mass is 733 g/mol. The Morgan fingerprint density at radius 3 is 2.49 bits per heavy atom. The zero-order chi connectivity index (χ0) is 37.3. The van der Waals surface area contributed by atoms with Crippen LogP contribution < -0.4 is 21.5 Å². The van der Waals surface area contributed by atoms with Crippen LogP contribution in [0.15, 0.2) is 121 Å². The predicted octanol–water partition coefficient (Wildman–Crippen LogP) is 8.32. The second-order valence-electron chi connectivity index (χ2n) is 13.5. The first kappa shape index (κ1) is 37.7. The van der Waals surface area contributed by atoms with E-state index in [1.165, 1.54) is 12.1 Å². The molecule has 0 bridgehead atoms. The zero-order valence-corrected chi connectivity index (χ0v) is 30.9. The molecule has 5 aromatic rings. The van der Waals surface area contributed by atoms with E-state index in [2.05, 4.69) is 70.2 Å². The van der Waals surface area contributed by atoms with E-state index in [1.807, 2.05) is 42.5 Å². The molecule has 276 valence electrons. The lowest BCUT2D eigenvalue weighted by Gasteiger charge is -2.32. The van der Waals surface area contributed by atoms with Gasteiger partial charge in [0.05, 0.1) is 22.3 Å². The number of likely N-dealkylation sites (tertiary alicyclic amines) is 1. The summed E-state index contributed by atoms with van der Waals surface area (Å²) in [4.78, 5) is 16.8. The fourth-order valence-corrected chi connectivity index (χ4v) is 7.12. The number of aliphatic hydroxyl groups is 1. The second-order valence-corrected chi connectivity index (χ2v) is 13.9. The van der Waals surface area contributed by atoms with Gasteiger partial charge in [-0.15, -0.1) is 0 Å². The largest absolute Gasteiger partial charge is 0.506 e. The van der Waals surface area contributed by atoms with Crippen LogP contribution in [0.1, 0.15) is 49.0 Å². The topological polar surface area (TPSA) is 122 Å². The van der Waals surface area contributed by atoms with Crippen LogP contribution in [-0.4, -0.2) is 52.4 Å². The molecule has 1 aliphatic heterocycles. The lowest BCUT2D eigenvalue weighted by Crippen LogP contribution is -2.38. The van der Waals surface area contributed by atoms with E-state index >= 15 is 0 Å². The molecular formula is C43H48ClN5O4. The standard InChI is InChI=1S/C43H48ClN5O4/c1-4-30-25-39(37(44)24-32(30)26-45-27-41(51)35-14-16-40(50)43-36(35)15-17-42(52)48-43)46-28(2)18-21-49-22-19-33(20-23-49)53-29(3)47-38-13-9-8-12-34(38)31-10-6-5-7-11-31/h5-17,24-25,33,41,45-47,50-51H,2-4,18-23,26-27H2,1H3,(H,48,52)/t41-/m0/s1. The van der Waals surface area contributed by atoms with Gasteiger partial charge in [0.1, 0.15) is 11.9 Å². The summed E-state index contributed by atoms with van der Waals surface area (Å²) in [7, 11) is 0. The number of nitrogens with zero attached hydrogens (tertiary/aromatic N) is 1. The molecule has 9 nitrogen and oxygen atoms in total. The van der Waals surface area contributed by atoms with Crippen molar-refractivity contribution in [3.8, 4) is 16.9 Å². The molecule has 1 aromatic heterocycles. The van der Waals surface area contributed by atoms with Crippen molar-refractivity contribution in [2.24, 2.45) is 0 Å². The van der Waals surface area contributed by atoms with Gasteiger partial charge in [-0.25, -0.2) is 0 Å². The average molecular weight is 734 g/mol. The molecule has 1 saturated heterocycles. The van der Waals surface area contributed by atoms with Gasteiger partial charge < -0.3 is 40.8 Å². The number of phenols is 1. The molecule has 0 aliphatic carbocycles. The Hall–Kier alpha value is -5.06. The Balaban J connectivity index is 0.944. The van der Waals surface area contributed by atoms with Gasteiger partial charge >= 0.3 is 0 Å². The van der Waals surface area contributed by atoms with Gasteiger partial charge in [0.25, 0.3) is 0 Å². The van der Waals surface area contributed by atoms with Crippen molar-refractivity contribution in [3.63, 3.8) is 0 Å². The highest BCUT2D eigenvalue weighted by atomic mass is 35.5. The molecule has 0 spiro atoms. The molecule has 6 rings (SSSR count). The number of hydrogen-bond donors (Lipinski definition) is 6. The minimum absolute atomic E-state index is 0.0382. The molecule has 2 heterocycles. The molecule has 53 heavy (non-hydrogen) atoms. The van der Waals surface area contributed by atoms with Gasteiger partial charge in [0.2, 0.25) is 5.56 Å². The van der Waals surface area contributed by atoms with Gasteiger partial charge in [-0.2, -0.15) is 0 Å². The Kier molecular flexibility index (Phi) is 12.5. The number of aromatic amines is 1. The summed E-state index contributed by atoms with van der Waals surface area (Å²) in [6, 6.07) is 28.7. The van der Waals surface area contributed by atoms with Gasteiger partial charge in [-0.3, -0.25) is 4.79 Å². The lowest BCUT2D eigenvalue weighted by atomic mass is 10.0.